The van der Waals surface area contributed by atoms with Gasteiger partial charge in [0.25, 0.3) is 0 Å². The van der Waals surface area contributed by atoms with Gasteiger partial charge in [-0.3, -0.25) is 0 Å². The molecular formula is C11H10Cl2O. The Bertz CT molecular complexity index is 385. The van der Waals surface area contributed by atoms with Gasteiger partial charge in [-0.25, -0.2) is 0 Å². The van der Waals surface area contributed by atoms with E-state index in [1.54, 1.807) is 6.07 Å². The molecule has 0 amide bonds. The van der Waals surface area contributed by atoms with Crippen molar-refractivity contribution in [2.45, 2.75) is 18.9 Å². The average Bonchev–Trinajstić information content (AvgIpc) is 2.57. The van der Waals surface area contributed by atoms with Crippen LogP contribution in [0.1, 0.15) is 18.4 Å². The lowest BCUT2D eigenvalue weighted by molar-refractivity contribution is 0.223. The monoisotopic (exact) mass is 228 g/mol. The molecule has 0 radical (unpaired) electrons. The third-order valence-electron chi connectivity index (χ3n) is 2.40. The molecule has 14 heavy (non-hydrogen) atoms. The van der Waals surface area contributed by atoms with Crippen LogP contribution in [0.3, 0.4) is 0 Å². The second-order valence-corrected chi connectivity index (χ2v) is 4.18. The topological polar surface area (TPSA) is 20.2 Å². The van der Waals surface area contributed by atoms with E-state index < -0.39 is 0 Å². The van der Waals surface area contributed by atoms with Crippen molar-refractivity contribution in [3.8, 4) is 0 Å². The average molecular weight is 229 g/mol. The number of benzene rings is 1. The Balaban J connectivity index is 2.42. The number of aliphatic hydroxyl groups excluding tert-OH is 1. The first kappa shape index (κ1) is 10.0. The zero-order chi connectivity index (χ0) is 10.1. The van der Waals surface area contributed by atoms with Crippen molar-refractivity contribution in [2.75, 3.05) is 0 Å². The number of allylic oxidation sites excluding steroid dienone is 1. The standard InChI is InChI=1S/C11H10Cl2O/c12-10-3-1-2-9(11(10)13)7-4-5-8(14)6-7/h1-3,6,8,14H,4-5H2. The van der Waals surface area contributed by atoms with Crippen molar-refractivity contribution in [3.05, 3.63) is 39.9 Å². The lowest BCUT2D eigenvalue weighted by atomic mass is 10.1. The summed E-state index contributed by atoms with van der Waals surface area (Å²) in [5, 5.41) is 10.5. The Morgan fingerprint density at radius 1 is 1.29 bits per heavy atom. The molecule has 1 unspecified atom stereocenters. The molecule has 0 aliphatic heterocycles. The number of hydrogen-bond acceptors (Lipinski definition) is 1. The minimum absolute atomic E-state index is 0.333. The number of aliphatic hydroxyl groups is 1. The van der Waals surface area contributed by atoms with Gasteiger partial charge in [0.15, 0.2) is 0 Å². The predicted molar refractivity (Wildman–Crippen MR) is 59.7 cm³/mol. The maximum Gasteiger partial charge on any atom is 0.0730 e. The van der Waals surface area contributed by atoms with E-state index in [-0.39, 0.29) is 6.10 Å². The van der Waals surface area contributed by atoms with Crippen LogP contribution in [0.25, 0.3) is 5.57 Å². The summed E-state index contributed by atoms with van der Waals surface area (Å²) < 4.78 is 0. The molecule has 3 heteroatoms. The summed E-state index contributed by atoms with van der Waals surface area (Å²) in [6.45, 7) is 0. The minimum atomic E-state index is -0.333. The van der Waals surface area contributed by atoms with E-state index >= 15 is 0 Å². The fraction of sp³-hybridized carbons (Fsp3) is 0.273. The molecule has 0 saturated heterocycles. The first-order valence-electron chi connectivity index (χ1n) is 4.51. The van der Waals surface area contributed by atoms with E-state index in [2.05, 4.69) is 0 Å². The van der Waals surface area contributed by atoms with Crippen LogP contribution in [-0.2, 0) is 0 Å². The Kier molecular flexibility index (Phi) is 2.82. The van der Waals surface area contributed by atoms with Crippen molar-refractivity contribution < 1.29 is 5.11 Å². The summed E-state index contributed by atoms with van der Waals surface area (Å²) in [6, 6.07) is 5.56. The van der Waals surface area contributed by atoms with Crippen LogP contribution in [0.15, 0.2) is 24.3 Å². The highest BCUT2D eigenvalue weighted by atomic mass is 35.5. The van der Waals surface area contributed by atoms with E-state index in [0.717, 1.165) is 24.0 Å². The van der Waals surface area contributed by atoms with Crippen molar-refractivity contribution >= 4 is 28.8 Å². The molecule has 1 aromatic rings. The highest BCUT2D eigenvalue weighted by Crippen LogP contribution is 2.35. The van der Waals surface area contributed by atoms with Crippen LogP contribution in [0.2, 0.25) is 10.0 Å². The molecule has 1 nitrogen and oxygen atoms in total. The maximum absolute atomic E-state index is 9.37. The van der Waals surface area contributed by atoms with Gasteiger partial charge in [-0.05, 0) is 30.0 Å². The zero-order valence-electron chi connectivity index (χ0n) is 7.50. The summed E-state index contributed by atoms with van der Waals surface area (Å²) in [7, 11) is 0. The van der Waals surface area contributed by atoms with Crippen LogP contribution in [-0.4, -0.2) is 11.2 Å². The quantitative estimate of drug-likeness (QED) is 0.780. The van der Waals surface area contributed by atoms with Gasteiger partial charge >= 0.3 is 0 Å². The summed E-state index contributed by atoms with van der Waals surface area (Å²) >= 11 is 12.0. The fourth-order valence-electron chi connectivity index (χ4n) is 1.68. The molecule has 0 spiro atoms. The van der Waals surface area contributed by atoms with Gasteiger partial charge in [0.05, 0.1) is 16.1 Å². The molecule has 0 fully saturated rings. The van der Waals surface area contributed by atoms with E-state index in [0.29, 0.717) is 10.0 Å². The second-order valence-electron chi connectivity index (χ2n) is 3.40. The Morgan fingerprint density at radius 2 is 2.07 bits per heavy atom. The van der Waals surface area contributed by atoms with Gasteiger partial charge in [-0.15, -0.1) is 0 Å². The van der Waals surface area contributed by atoms with E-state index in [4.69, 9.17) is 23.2 Å². The molecule has 2 rings (SSSR count). The summed E-state index contributed by atoms with van der Waals surface area (Å²) in [5.74, 6) is 0. The Morgan fingerprint density at radius 3 is 2.71 bits per heavy atom. The molecular weight excluding hydrogens is 219 g/mol. The lowest BCUT2D eigenvalue weighted by Gasteiger charge is -2.05. The number of rotatable bonds is 1. The summed E-state index contributed by atoms with van der Waals surface area (Å²) in [4.78, 5) is 0. The van der Waals surface area contributed by atoms with Crippen LogP contribution in [0.5, 0.6) is 0 Å². The van der Waals surface area contributed by atoms with Gasteiger partial charge in [-0.1, -0.05) is 41.4 Å². The van der Waals surface area contributed by atoms with Crippen LogP contribution < -0.4 is 0 Å². The largest absolute Gasteiger partial charge is 0.389 e. The van der Waals surface area contributed by atoms with E-state index in [1.807, 2.05) is 18.2 Å². The van der Waals surface area contributed by atoms with Gasteiger partial charge < -0.3 is 5.11 Å². The number of hydrogen-bond donors (Lipinski definition) is 1. The van der Waals surface area contributed by atoms with Crippen LogP contribution in [0.4, 0.5) is 0 Å². The molecule has 0 aromatic heterocycles. The third-order valence-corrected chi connectivity index (χ3v) is 3.22. The highest BCUT2D eigenvalue weighted by molar-refractivity contribution is 6.43. The molecule has 1 aliphatic carbocycles. The number of halogens is 2. The van der Waals surface area contributed by atoms with Crippen molar-refractivity contribution in [1.29, 1.82) is 0 Å². The second kappa shape index (κ2) is 3.93. The van der Waals surface area contributed by atoms with Gasteiger partial charge in [0.1, 0.15) is 0 Å². The predicted octanol–water partition coefficient (Wildman–Crippen LogP) is 3.53. The molecule has 1 aromatic carbocycles. The lowest BCUT2D eigenvalue weighted by Crippen LogP contribution is -1.93. The first-order valence-corrected chi connectivity index (χ1v) is 5.27. The van der Waals surface area contributed by atoms with Crippen LogP contribution in [0, 0.1) is 0 Å². The Labute approximate surface area is 93.0 Å². The Hall–Kier alpha value is -0.500. The summed E-state index contributed by atoms with van der Waals surface area (Å²) in [6.07, 6.45) is 3.15. The van der Waals surface area contributed by atoms with E-state index in [1.165, 1.54) is 0 Å². The molecule has 1 aliphatic rings. The highest BCUT2D eigenvalue weighted by Gasteiger charge is 2.17. The molecule has 1 atom stereocenters. The first-order chi connectivity index (χ1) is 6.68. The normalized spacial score (nSPS) is 21.1. The maximum atomic E-state index is 9.37. The van der Waals surface area contributed by atoms with Crippen LogP contribution >= 0.6 is 23.2 Å². The van der Waals surface area contributed by atoms with Gasteiger partial charge in [0.2, 0.25) is 0 Å². The van der Waals surface area contributed by atoms with Gasteiger partial charge in [-0.2, -0.15) is 0 Å². The minimum Gasteiger partial charge on any atom is -0.389 e. The fourth-order valence-corrected chi connectivity index (χ4v) is 2.10. The smallest absolute Gasteiger partial charge is 0.0730 e. The van der Waals surface area contributed by atoms with E-state index in [9.17, 15) is 5.11 Å². The van der Waals surface area contributed by atoms with Crippen molar-refractivity contribution in [3.63, 3.8) is 0 Å². The molecule has 74 valence electrons. The molecule has 0 heterocycles. The van der Waals surface area contributed by atoms with Crippen molar-refractivity contribution in [1.82, 2.24) is 0 Å². The molecule has 0 saturated carbocycles. The van der Waals surface area contributed by atoms with Gasteiger partial charge in [0, 0.05) is 0 Å². The zero-order valence-corrected chi connectivity index (χ0v) is 9.02. The summed E-state index contributed by atoms with van der Waals surface area (Å²) in [5.41, 5.74) is 2.03. The third kappa shape index (κ3) is 1.81. The SMILES string of the molecule is OC1C=C(c2cccc(Cl)c2Cl)CC1. The molecule has 1 N–H and O–H groups in total. The molecule has 0 bridgehead atoms. The van der Waals surface area contributed by atoms with Crippen molar-refractivity contribution in [2.24, 2.45) is 0 Å².